The van der Waals surface area contributed by atoms with Gasteiger partial charge < -0.3 is 34.6 Å². The van der Waals surface area contributed by atoms with E-state index in [1.807, 2.05) is 6.07 Å². The molecule has 162 valence electrons. The molecule has 30 heavy (non-hydrogen) atoms. The van der Waals surface area contributed by atoms with Gasteiger partial charge in [-0.3, -0.25) is 0 Å². The highest BCUT2D eigenvalue weighted by Crippen LogP contribution is 2.51. The molecule has 1 saturated heterocycles. The number of ether oxygens (including phenoxy) is 3. The van der Waals surface area contributed by atoms with Crippen molar-refractivity contribution in [2.24, 2.45) is 0 Å². The van der Waals surface area contributed by atoms with Crippen molar-refractivity contribution in [3.8, 4) is 22.6 Å². The Labute approximate surface area is 173 Å². The number of rotatable bonds is 4. The summed E-state index contributed by atoms with van der Waals surface area (Å²) >= 11 is 0. The van der Waals surface area contributed by atoms with Gasteiger partial charge in [-0.05, 0) is 49.2 Å². The maximum atomic E-state index is 13.5. The summed E-state index contributed by atoms with van der Waals surface area (Å²) in [4.78, 5) is 0. The summed E-state index contributed by atoms with van der Waals surface area (Å²) < 4.78 is 30.3. The van der Waals surface area contributed by atoms with Gasteiger partial charge in [0.15, 0.2) is 5.60 Å². The standard InChI is InChI=1S/C22H25FO7/c1-11-8-12(14-6-5-13(23)9-16(14)28-3)4-7-15(11)29-20-21(2,27)18(25)19(26)22(30-20)10-17(22)24/h4-9,17-20,24-27H,10H2,1-3H3/t17-,18+,19+,20+,21+,22?/m1/s1. The van der Waals surface area contributed by atoms with Crippen LogP contribution in [0.25, 0.3) is 11.1 Å². The van der Waals surface area contributed by atoms with E-state index in [2.05, 4.69) is 0 Å². The number of halogens is 1. The quantitative estimate of drug-likeness (QED) is 0.594. The number of aliphatic hydroxyl groups excluding tert-OH is 3. The lowest BCUT2D eigenvalue weighted by atomic mass is 9.86. The summed E-state index contributed by atoms with van der Waals surface area (Å²) in [5.74, 6) is 0.378. The molecule has 1 heterocycles. The molecule has 1 spiro atoms. The maximum absolute atomic E-state index is 13.5. The van der Waals surface area contributed by atoms with Crippen molar-refractivity contribution in [2.75, 3.05) is 7.11 Å². The lowest BCUT2D eigenvalue weighted by molar-refractivity contribution is -0.324. The van der Waals surface area contributed by atoms with Gasteiger partial charge in [-0.15, -0.1) is 0 Å². The second kappa shape index (κ2) is 7.18. The van der Waals surface area contributed by atoms with Crippen LogP contribution < -0.4 is 9.47 Å². The smallest absolute Gasteiger partial charge is 0.232 e. The van der Waals surface area contributed by atoms with Crippen molar-refractivity contribution < 1.29 is 39.0 Å². The fourth-order valence-corrected chi connectivity index (χ4v) is 3.91. The van der Waals surface area contributed by atoms with Crippen LogP contribution in [-0.4, -0.2) is 63.3 Å². The molecule has 2 aromatic rings. The minimum atomic E-state index is -1.90. The van der Waals surface area contributed by atoms with Gasteiger partial charge in [-0.25, -0.2) is 4.39 Å². The third-order valence-electron chi connectivity index (χ3n) is 6.00. The molecule has 4 rings (SSSR count). The Morgan fingerprint density at radius 1 is 1.07 bits per heavy atom. The van der Waals surface area contributed by atoms with Crippen LogP contribution in [0.3, 0.4) is 0 Å². The minimum Gasteiger partial charge on any atom is -0.496 e. The first kappa shape index (κ1) is 21.0. The third-order valence-corrected chi connectivity index (χ3v) is 6.00. The van der Waals surface area contributed by atoms with E-state index in [0.29, 0.717) is 22.6 Å². The minimum absolute atomic E-state index is 0.142. The second-order valence-electron chi connectivity index (χ2n) is 8.18. The summed E-state index contributed by atoms with van der Waals surface area (Å²) in [6, 6.07) is 9.50. The molecule has 6 atom stereocenters. The number of hydrogen-bond donors (Lipinski definition) is 4. The Hall–Kier alpha value is -2.23. The lowest BCUT2D eigenvalue weighted by Crippen LogP contribution is -2.67. The molecule has 2 fully saturated rings. The largest absolute Gasteiger partial charge is 0.496 e. The Kier molecular flexibility index (Phi) is 5.03. The monoisotopic (exact) mass is 420 g/mol. The average molecular weight is 420 g/mol. The molecule has 1 unspecified atom stereocenters. The van der Waals surface area contributed by atoms with Gasteiger partial charge in [0.05, 0.1) is 13.2 Å². The average Bonchev–Trinajstić information content (AvgIpc) is 3.36. The van der Waals surface area contributed by atoms with E-state index in [-0.39, 0.29) is 6.42 Å². The van der Waals surface area contributed by atoms with Crippen LogP contribution in [0.1, 0.15) is 18.9 Å². The SMILES string of the molecule is COc1cc(F)ccc1-c1ccc(O[C@H]2OC3(C[C@H]3O)[C@@H](O)[C@H](O)[C@]2(C)O)c(C)c1. The summed E-state index contributed by atoms with van der Waals surface area (Å²) in [6.07, 6.45) is -5.10. The molecule has 1 aliphatic carbocycles. The fourth-order valence-electron chi connectivity index (χ4n) is 3.91. The number of aliphatic hydroxyl groups is 4. The molecule has 4 N–H and O–H groups in total. The zero-order valence-corrected chi connectivity index (χ0v) is 16.9. The van der Waals surface area contributed by atoms with Crippen LogP contribution in [0.5, 0.6) is 11.5 Å². The van der Waals surface area contributed by atoms with E-state index in [9.17, 15) is 24.8 Å². The molecule has 8 heteroatoms. The van der Waals surface area contributed by atoms with Crippen LogP contribution in [0.2, 0.25) is 0 Å². The van der Waals surface area contributed by atoms with E-state index < -0.39 is 41.6 Å². The van der Waals surface area contributed by atoms with Crippen molar-refractivity contribution in [1.82, 2.24) is 0 Å². The highest BCUT2D eigenvalue weighted by Gasteiger charge is 2.70. The Morgan fingerprint density at radius 3 is 2.37 bits per heavy atom. The first-order valence-electron chi connectivity index (χ1n) is 9.66. The van der Waals surface area contributed by atoms with E-state index in [0.717, 1.165) is 5.56 Å². The van der Waals surface area contributed by atoms with Gasteiger partial charge in [0.25, 0.3) is 0 Å². The molecule has 0 aromatic heterocycles. The van der Waals surface area contributed by atoms with Gasteiger partial charge in [0.2, 0.25) is 6.29 Å². The van der Waals surface area contributed by atoms with Crippen molar-refractivity contribution >= 4 is 0 Å². The molecule has 1 saturated carbocycles. The molecule has 2 aromatic carbocycles. The van der Waals surface area contributed by atoms with Gasteiger partial charge in [-0.2, -0.15) is 0 Å². The van der Waals surface area contributed by atoms with Gasteiger partial charge in [-0.1, -0.05) is 6.07 Å². The molecule has 2 aliphatic rings. The Morgan fingerprint density at radius 2 is 1.77 bits per heavy atom. The Balaban J connectivity index is 1.61. The van der Waals surface area contributed by atoms with Crippen molar-refractivity contribution in [1.29, 1.82) is 0 Å². The number of benzene rings is 2. The lowest BCUT2D eigenvalue weighted by Gasteiger charge is -2.46. The normalized spacial score (nSPS) is 35.3. The van der Waals surface area contributed by atoms with Gasteiger partial charge >= 0.3 is 0 Å². The highest BCUT2D eigenvalue weighted by molar-refractivity contribution is 5.71. The van der Waals surface area contributed by atoms with E-state index in [4.69, 9.17) is 14.2 Å². The first-order chi connectivity index (χ1) is 14.1. The van der Waals surface area contributed by atoms with Crippen LogP contribution in [-0.2, 0) is 4.74 Å². The fraction of sp³-hybridized carbons (Fsp3) is 0.455. The predicted octanol–water partition coefficient (Wildman–Crippen LogP) is 1.52. The molecular formula is C22H25FO7. The van der Waals surface area contributed by atoms with Crippen LogP contribution >= 0.6 is 0 Å². The highest BCUT2D eigenvalue weighted by atomic mass is 19.1. The van der Waals surface area contributed by atoms with Crippen molar-refractivity contribution in [2.45, 2.75) is 56.1 Å². The molecule has 0 radical (unpaired) electrons. The van der Waals surface area contributed by atoms with Gasteiger partial charge in [0, 0.05) is 18.1 Å². The zero-order valence-electron chi connectivity index (χ0n) is 16.9. The molecule has 7 nitrogen and oxygen atoms in total. The predicted molar refractivity (Wildman–Crippen MR) is 105 cm³/mol. The molecule has 0 amide bonds. The molecule has 1 aliphatic heterocycles. The summed E-state index contributed by atoms with van der Waals surface area (Å²) in [5, 5.41) is 41.2. The van der Waals surface area contributed by atoms with E-state index in [1.165, 1.54) is 26.2 Å². The number of aryl methyl sites for hydroxylation is 1. The second-order valence-corrected chi connectivity index (χ2v) is 8.18. The number of hydrogen-bond acceptors (Lipinski definition) is 7. The van der Waals surface area contributed by atoms with E-state index >= 15 is 0 Å². The van der Waals surface area contributed by atoms with E-state index in [1.54, 1.807) is 25.1 Å². The van der Waals surface area contributed by atoms with Crippen LogP contribution in [0.4, 0.5) is 4.39 Å². The molecular weight excluding hydrogens is 395 g/mol. The van der Waals surface area contributed by atoms with Gasteiger partial charge in [0.1, 0.15) is 35.1 Å². The molecule has 0 bridgehead atoms. The zero-order chi connectivity index (χ0) is 21.8. The first-order valence-corrected chi connectivity index (χ1v) is 9.66. The number of methoxy groups -OCH3 is 1. The Bertz CT molecular complexity index is 962. The van der Waals surface area contributed by atoms with Crippen LogP contribution in [0.15, 0.2) is 36.4 Å². The maximum Gasteiger partial charge on any atom is 0.232 e. The summed E-state index contributed by atoms with van der Waals surface area (Å²) in [6.45, 7) is 3.10. The topological polar surface area (TPSA) is 109 Å². The van der Waals surface area contributed by atoms with Crippen molar-refractivity contribution in [3.05, 3.63) is 47.8 Å². The summed E-state index contributed by atoms with van der Waals surface area (Å²) in [5.41, 5.74) is -1.07. The summed E-state index contributed by atoms with van der Waals surface area (Å²) in [7, 11) is 1.47. The third kappa shape index (κ3) is 3.25. The van der Waals surface area contributed by atoms with Crippen LogP contribution in [0, 0.1) is 12.7 Å². The van der Waals surface area contributed by atoms with Crippen molar-refractivity contribution in [3.63, 3.8) is 0 Å².